The molecule has 5 heteroatoms. The van der Waals surface area contributed by atoms with E-state index in [1.807, 2.05) is 37.3 Å². The molecule has 2 rings (SSSR count). The minimum absolute atomic E-state index is 0.0453. The van der Waals surface area contributed by atoms with E-state index in [-0.39, 0.29) is 19.1 Å². The third-order valence-corrected chi connectivity index (χ3v) is 3.72. The Balaban J connectivity index is 1.95. The number of carbonyl (C=O) groups is 1. The quantitative estimate of drug-likeness (QED) is 0.815. The molecule has 0 bridgehead atoms. The van der Waals surface area contributed by atoms with Gasteiger partial charge in [-0.1, -0.05) is 30.3 Å². The van der Waals surface area contributed by atoms with Crippen molar-refractivity contribution in [3.05, 3.63) is 35.9 Å². The highest BCUT2D eigenvalue weighted by molar-refractivity contribution is 5.78. The fraction of sp³-hybridized carbons (Fsp3) is 0.533. The Hall–Kier alpha value is -1.43. The minimum Gasteiger partial charge on any atom is -0.394 e. The molecular weight excluding hydrogens is 256 g/mol. The summed E-state index contributed by atoms with van der Waals surface area (Å²) in [6.07, 6.45) is 0. The minimum atomic E-state index is -0.608. The smallest absolute Gasteiger partial charge is 0.236 e. The Morgan fingerprint density at radius 2 is 2.00 bits per heavy atom. The first kappa shape index (κ1) is 15.0. The predicted molar refractivity (Wildman–Crippen MR) is 76.3 cm³/mol. The second-order valence-corrected chi connectivity index (χ2v) is 5.20. The second kappa shape index (κ2) is 6.83. The lowest BCUT2D eigenvalue weighted by molar-refractivity contribution is -0.134. The fourth-order valence-electron chi connectivity index (χ4n) is 2.25. The van der Waals surface area contributed by atoms with Crippen molar-refractivity contribution < 1.29 is 14.6 Å². The van der Waals surface area contributed by atoms with Crippen molar-refractivity contribution in [3.8, 4) is 0 Å². The maximum absolute atomic E-state index is 12.1. The third-order valence-electron chi connectivity index (χ3n) is 3.72. The summed E-state index contributed by atoms with van der Waals surface area (Å²) in [7, 11) is 0. The number of carbonyl (C=O) groups excluding carboxylic acids is 1. The van der Waals surface area contributed by atoms with Crippen LogP contribution in [-0.4, -0.2) is 55.4 Å². The van der Waals surface area contributed by atoms with Crippen molar-refractivity contribution in [1.82, 2.24) is 10.2 Å². The van der Waals surface area contributed by atoms with E-state index in [4.69, 9.17) is 4.74 Å². The van der Waals surface area contributed by atoms with Gasteiger partial charge in [0, 0.05) is 13.1 Å². The van der Waals surface area contributed by atoms with Gasteiger partial charge in [-0.25, -0.2) is 0 Å². The van der Waals surface area contributed by atoms with E-state index in [9.17, 15) is 9.90 Å². The van der Waals surface area contributed by atoms with E-state index in [0.717, 1.165) is 5.56 Å². The molecule has 1 amide bonds. The average Bonchev–Trinajstić information content (AvgIpc) is 2.54. The first-order chi connectivity index (χ1) is 9.65. The predicted octanol–water partition coefficient (Wildman–Crippen LogP) is 0.343. The molecule has 0 saturated carbocycles. The molecular formula is C15H22N2O3. The van der Waals surface area contributed by atoms with E-state index in [1.54, 1.807) is 4.90 Å². The van der Waals surface area contributed by atoms with E-state index in [1.165, 1.54) is 0 Å². The normalized spacial score (nSPS) is 18.6. The molecule has 1 aliphatic heterocycles. The molecule has 1 saturated heterocycles. The molecule has 0 radical (unpaired) electrons. The van der Waals surface area contributed by atoms with Crippen LogP contribution in [0.25, 0.3) is 0 Å². The maximum Gasteiger partial charge on any atom is 0.236 e. The lowest BCUT2D eigenvalue weighted by atomic mass is 9.93. The van der Waals surface area contributed by atoms with Crippen LogP contribution in [0.4, 0.5) is 0 Å². The molecule has 110 valence electrons. The van der Waals surface area contributed by atoms with Gasteiger partial charge in [0.05, 0.1) is 31.9 Å². The summed E-state index contributed by atoms with van der Waals surface area (Å²) in [5.41, 5.74) is 0.362. The molecule has 1 heterocycles. The highest BCUT2D eigenvalue weighted by Crippen LogP contribution is 2.19. The maximum atomic E-state index is 12.1. The standard InChI is InChI=1S/C15H22N2O3/c1-15(12-18,13-5-3-2-4-6-13)16-11-14(19)17-7-9-20-10-8-17/h2-6,16,18H,7-12H2,1H3. The van der Waals surface area contributed by atoms with E-state index >= 15 is 0 Å². The van der Waals surface area contributed by atoms with Crippen LogP contribution in [0, 0.1) is 0 Å². The van der Waals surface area contributed by atoms with Gasteiger partial charge in [-0.15, -0.1) is 0 Å². The number of nitrogens with zero attached hydrogens (tertiary/aromatic N) is 1. The van der Waals surface area contributed by atoms with Gasteiger partial charge in [0.1, 0.15) is 0 Å². The topological polar surface area (TPSA) is 61.8 Å². The van der Waals surface area contributed by atoms with Crippen LogP contribution in [0.5, 0.6) is 0 Å². The summed E-state index contributed by atoms with van der Waals surface area (Å²) in [6.45, 7) is 4.53. The zero-order valence-electron chi connectivity index (χ0n) is 11.8. The van der Waals surface area contributed by atoms with E-state index in [0.29, 0.717) is 26.3 Å². The van der Waals surface area contributed by atoms with Crippen molar-refractivity contribution in [2.45, 2.75) is 12.5 Å². The summed E-state index contributed by atoms with van der Waals surface area (Å²) < 4.78 is 5.23. The highest BCUT2D eigenvalue weighted by Gasteiger charge is 2.27. The number of aliphatic hydroxyl groups excluding tert-OH is 1. The Bertz CT molecular complexity index is 432. The van der Waals surface area contributed by atoms with Crippen molar-refractivity contribution in [1.29, 1.82) is 0 Å². The molecule has 1 atom stereocenters. The van der Waals surface area contributed by atoms with Crippen molar-refractivity contribution in [3.63, 3.8) is 0 Å². The highest BCUT2D eigenvalue weighted by atomic mass is 16.5. The van der Waals surface area contributed by atoms with E-state index in [2.05, 4.69) is 5.32 Å². The number of benzene rings is 1. The Morgan fingerprint density at radius 1 is 1.35 bits per heavy atom. The number of aliphatic hydroxyl groups is 1. The average molecular weight is 278 g/mol. The van der Waals surface area contributed by atoms with Crippen LogP contribution >= 0.6 is 0 Å². The molecule has 0 aromatic heterocycles. The SMILES string of the molecule is CC(CO)(NCC(=O)N1CCOCC1)c1ccccc1. The lowest BCUT2D eigenvalue weighted by Gasteiger charge is -2.32. The number of rotatable bonds is 5. The molecule has 2 N–H and O–H groups in total. The summed E-state index contributed by atoms with van der Waals surface area (Å²) in [5.74, 6) is 0.0453. The van der Waals surface area contributed by atoms with E-state index < -0.39 is 5.54 Å². The Labute approximate surface area is 119 Å². The molecule has 1 fully saturated rings. The van der Waals surface area contributed by atoms with Crippen LogP contribution in [0.1, 0.15) is 12.5 Å². The monoisotopic (exact) mass is 278 g/mol. The number of amides is 1. The summed E-state index contributed by atoms with van der Waals surface area (Å²) >= 11 is 0. The fourth-order valence-corrected chi connectivity index (χ4v) is 2.25. The first-order valence-corrected chi connectivity index (χ1v) is 6.93. The number of hydrogen-bond acceptors (Lipinski definition) is 4. The first-order valence-electron chi connectivity index (χ1n) is 6.93. The van der Waals surface area contributed by atoms with Gasteiger partial charge in [-0.2, -0.15) is 0 Å². The second-order valence-electron chi connectivity index (χ2n) is 5.20. The third kappa shape index (κ3) is 3.56. The van der Waals surface area contributed by atoms with Crippen molar-refractivity contribution >= 4 is 5.91 Å². The molecule has 1 aromatic carbocycles. The zero-order valence-corrected chi connectivity index (χ0v) is 11.8. The molecule has 1 unspecified atom stereocenters. The number of morpholine rings is 1. The van der Waals surface area contributed by atoms with Crippen LogP contribution < -0.4 is 5.32 Å². The van der Waals surface area contributed by atoms with Gasteiger partial charge >= 0.3 is 0 Å². The number of ether oxygens (including phenoxy) is 1. The van der Waals surface area contributed by atoms with Crippen LogP contribution in [0.2, 0.25) is 0 Å². The largest absolute Gasteiger partial charge is 0.394 e. The molecule has 0 aliphatic carbocycles. The molecule has 1 aromatic rings. The van der Waals surface area contributed by atoms with Gasteiger partial charge in [-0.05, 0) is 12.5 Å². The van der Waals surface area contributed by atoms with Gasteiger partial charge in [0.15, 0.2) is 0 Å². The van der Waals surface area contributed by atoms with Crippen LogP contribution in [-0.2, 0) is 15.1 Å². The summed E-state index contributed by atoms with van der Waals surface area (Å²) in [6, 6.07) is 9.68. The molecule has 1 aliphatic rings. The van der Waals surface area contributed by atoms with Gasteiger partial charge < -0.3 is 14.7 Å². The van der Waals surface area contributed by atoms with Gasteiger partial charge in [-0.3, -0.25) is 10.1 Å². The molecule has 0 spiro atoms. The van der Waals surface area contributed by atoms with Crippen LogP contribution in [0.15, 0.2) is 30.3 Å². The van der Waals surface area contributed by atoms with Crippen molar-refractivity contribution in [2.75, 3.05) is 39.5 Å². The zero-order chi connectivity index (χ0) is 14.4. The summed E-state index contributed by atoms with van der Waals surface area (Å²) in [4.78, 5) is 13.9. The Morgan fingerprint density at radius 3 is 2.60 bits per heavy atom. The number of hydrogen-bond donors (Lipinski definition) is 2. The summed E-state index contributed by atoms with van der Waals surface area (Å²) in [5, 5.41) is 12.8. The Kier molecular flexibility index (Phi) is 5.11. The lowest BCUT2D eigenvalue weighted by Crippen LogP contribution is -2.50. The molecule has 20 heavy (non-hydrogen) atoms. The van der Waals surface area contributed by atoms with Gasteiger partial charge in [0.25, 0.3) is 0 Å². The van der Waals surface area contributed by atoms with Gasteiger partial charge in [0.2, 0.25) is 5.91 Å². The molecule has 5 nitrogen and oxygen atoms in total. The number of nitrogens with one attached hydrogen (secondary N) is 1. The van der Waals surface area contributed by atoms with Crippen molar-refractivity contribution in [2.24, 2.45) is 0 Å². The van der Waals surface area contributed by atoms with Crippen LogP contribution in [0.3, 0.4) is 0 Å².